The Balaban J connectivity index is 1.87. The topological polar surface area (TPSA) is 63.1 Å². The Labute approximate surface area is 120 Å². The predicted octanol–water partition coefficient (Wildman–Crippen LogP) is 1.87. The summed E-state index contributed by atoms with van der Waals surface area (Å²) < 4.78 is 1.67. The van der Waals surface area contributed by atoms with Crippen molar-refractivity contribution in [3.63, 3.8) is 0 Å². The SMILES string of the molecule is Cc1ccsc1/C=C/C(=O)NNC(=O)c1cccn1C. The molecule has 5 nitrogen and oxygen atoms in total. The van der Waals surface area contributed by atoms with Gasteiger partial charge in [-0.05, 0) is 42.1 Å². The van der Waals surface area contributed by atoms with Gasteiger partial charge in [0.25, 0.3) is 11.8 Å². The molecule has 0 aliphatic carbocycles. The molecule has 2 amide bonds. The van der Waals surface area contributed by atoms with Crippen molar-refractivity contribution >= 4 is 29.2 Å². The van der Waals surface area contributed by atoms with Gasteiger partial charge >= 0.3 is 0 Å². The molecule has 0 saturated carbocycles. The van der Waals surface area contributed by atoms with E-state index in [0.29, 0.717) is 5.69 Å². The molecule has 0 bridgehead atoms. The number of aryl methyl sites for hydroxylation is 2. The third-order valence-electron chi connectivity index (χ3n) is 2.76. The number of hydrogen-bond acceptors (Lipinski definition) is 3. The minimum Gasteiger partial charge on any atom is -0.347 e. The van der Waals surface area contributed by atoms with Crippen LogP contribution in [0.3, 0.4) is 0 Å². The van der Waals surface area contributed by atoms with Gasteiger partial charge in [0.15, 0.2) is 0 Å². The van der Waals surface area contributed by atoms with Gasteiger partial charge in [0.05, 0.1) is 0 Å². The summed E-state index contributed by atoms with van der Waals surface area (Å²) >= 11 is 1.56. The van der Waals surface area contributed by atoms with Crippen molar-refractivity contribution in [1.82, 2.24) is 15.4 Å². The first-order valence-electron chi connectivity index (χ1n) is 6.02. The lowest BCUT2D eigenvalue weighted by Gasteiger charge is -2.05. The van der Waals surface area contributed by atoms with Gasteiger partial charge in [-0.3, -0.25) is 20.4 Å². The molecule has 0 saturated heterocycles. The Morgan fingerprint density at radius 3 is 2.70 bits per heavy atom. The highest BCUT2D eigenvalue weighted by Crippen LogP contribution is 2.16. The van der Waals surface area contributed by atoms with Crippen LogP contribution in [0.5, 0.6) is 0 Å². The maximum absolute atomic E-state index is 11.7. The molecule has 0 unspecified atom stereocenters. The van der Waals surface area contributed by atoms with Gasteiger partial charge in [-0.25, -0.2) is 0 Å². The Bertz CT molecular complexity index is 655. The van der Waals surface area contributed by atoms with Crippen LogP contribution >= 0.6 is 11.3 Å². The fraction of sp³-hybridized carbons (Fsp3) is 0.143. The molecule has 0 aliphatic rings. The second kappa shape index (κ2) is 6.21. The van der Waals surface area contributed by atoms with E-state index >= 15 is 0 Å². The Morgan fingerprint density at radius 1 is 1.30 bits per heavy atom. The number of aromatic nitrogens is 1. The molecule has 2 heterocycles. The summed E-state index contributed by atoms with van der Waals surface area (Å²) in [6.07, 6.45) is 4.88. The maximum Gasteiger partial charge on any atom is 0.286 e. The van der Waals surface area contributed by atoms with E-state index in [1.807, 2.05) is 18.4 Å². The van der Waals surface area contributed by atoms with Crippen molar-refractivity contribution in [1.29, 1.82) is 0 Å². The second-order valence-corrected chi connectivity index (χ2v) is 5.20. The van der Waals surface area contributed by atoms with Crippen molar-refractivity contribution < 1.29 is 9.59 Å². The Hall–Kier alpha value is -2.34. The number of carbonyl (C=O) groups is 2. The number of rotatable bonds is 3. The van der Waals surface area contributed by atoms with Crippen molar-refractivity contribution in [2.75, 3.05) is 0 Å². The first-order valence-corrected chi connectivity index (χ1v) is 6.89. The van der Waals surface area contributed by atoms with Crippen LogP contribution in [0.2, 0.25) is 0 Å². The van der Waals surface area contributed by atoms with Crippen LogP contribution in [0, 0.1) is 6.92 Å². The number of nitrogens with one attached hydrogen (secondary N) is 2. The van der Waals surface area contributed by atoms with E-state index in [1.54, 1.807) is 47.4 Å². The number of thiophene rings is 1. The summed E-state index contributed by atoms with van der Waals surface area (Å²) in [7, 11) is 1.76. The van der Waals surface area contributed by atoms with Crippen LogP contribution in [0.1, 0.15) is 20.9 Å². The van der Waals surface area contributed by atoms with Crippen molar-refractivity contribution in [2.45, 2.75) is 6.92 Å². The van der Waals surface area contributed by atoms with Crippen molar-refractivity contribution in [3.8, 4) is 0 Å². The number of nitrogens with zero attached hydrogens (tertiary/aromatic N) is 1. The summed E-state index contributed by atoms with van der Waals surface area (Å²) in [6.45, 7) is 1.98. The van der Waals surface area contributed by atoms with E-state index in [-0.39, 0.29) is 11.8 Å². The molecule has 2 N–H and O–H groups in total. The fourth-order valence-corrected chi connectivity index (χ4v) is 2.45. The van der Waals surface area contributed by atoms with Crippen molar-refractivity contribution in [2.24, 2.45) is 7.05 Å². The summed E-state index contributed by atoms with van der Waals surface area (Å²) in [5.41, 5.74) is 6.30. The average molecular weight is 289 g/mol. The highest BCUT2D eigenvalue weighted by Gasteiger charge is 2.08. The lowest BCUT2D eigenvalue weighted by atomic mass is 10.3. The fourth-order valence-electron chi connectivity index (χ4n) is 1.63. The summed E-state index contributed by atoms with van der Waals surface area (Å²) in [4.78, 5) is 24.4. The van der Waals surface area contributed by atoms with E-state index in [9.17, 15) is 9.59 Å². The summed E-state index contributed by atoms with van der Waals surface area (Å²) in [5, 5.41) is 1.96. The van der Waals surface area contributed by atoms with Gasteiger partial charge in [-0.1, -0.05) is 0 Å². The second-order valence-electron chi connectivity index (χ2n) is 4.25. The van der Waals surface area contributed by atoms with E-state index in [1.165, 1.54) is 6.08 Å². The minimum atomic E-state index is -0.375. The molecule has 0 atom stereocenters. The number of amides is 2. The number of hydrazine groups is 1. The van der Waals surface area contributed by atoms with Crippen LogP contribution < -0.4 is 10.9 Å². The zero-order chi connectivity index (χ0) is 14.5. The van der Waals surface area contributed by atoms with Crippen LogP contribution in [0.4, 0.5) is 0 Å². The Kier molecular flexibility index (Phi) is 4.37. The first kappa shape index (κ1) is 14.1. The summed E-state index contributed by atoms with van der Waals surface area (Å²) in [6, 6.07) is 5.42. The third kappa shape index (κ3) is 3.36. The number of carbonyl (C=O) groups excluding carboxylic acids is 2. The van der Waals surface area contributed by atoms with Crippen LogP contribution in [0.15, 0.2) is 35.9 Å². The molecule has 0 aliphatic heterocycles. The molecule has 6 heteroatoms. The van der Waals surface area contributed by atoms with Crippen LogP contribution in [-0.2, 0) is 11.8 Å². The molecule has 0 aromatic carbocycles. The molecule has 0 fully saturated rings. The summed E-state index contributed by atoms with van der Waals surface area (Å²) in [5.74, 6) is -0.730. The highest BCUT2D eigenvalue weighted by atomic mass is 32.1. The van der Waals surface area contributed by atoms with E-state index in [0.717, 1.165) is 10.4 Å². The van der Waals surface area contributed by atoms with E-state index in [4.69, 9.17) is 0 Å². The molecule has 104 valence electrons. The highest BCUT2D eigenvalue weighted by molar-refractivity contribution is 7.11. The largest absolute Gasteiger partial charge is 0.347 e. The monoisotopic (exact) mass is 289 g/mol. The smallest absolute Gasteiger partial charge is 0.286 e. The first-order chi connectivity index (χ1) is 9.58. The van der Waals surface area contributed by atoms with E-state index < -0.39 is 0 Å². The lowest BCUT2D eigenvalue weighted by Crippen LogP contribution is -2.41. The average Bonchev–Trinajstić information content (AvgIpc) is 3.02. The normalized spacial score (nSPS) is 10.7. The van der Waals surface area contributed by atoms with Gasteiger partial charge in [-0.15, -0.1) is 11.3 Å². The zero-order valence-electron chi connectivity index (χ0n) is 11.2. The van der Waals surface area contributed by atoms with Gasteiger partial charge < -0.3 is 4.57 Å². The van der Waals surface area contributed by atoms with Crippen LogP contribution in [-0.4, -0.2) is 16.4 Å². The van der Waals surface area contributed by atoms with Gasteiger partial charge in [-0.2, -0.15) is 0 Å². The van der Waals surface area contributed by atoms with Crippen molar-refractivity contribution in [3.05, 3.63) is 52.0 Å². The lowest BCUT2D eigenvalue weighted by molar-refractivity contribution is -0.117. The maximum atomic E-state index is 11.7. The van der Waals surface area contributed by atoms with Gasteiger partial charge in [0, 0.05) is 24.2 Å². The van der Waals surface area contributed by atoms with Gasteiger partial charge in [0.2, 0.25) is 0 Å². The molecular formula is C14H15N3O2S. The molecule has 0 spiro atoms. The predicted molar refractivity (Wildman–Crippen MR) is 79.1 cm³/mol. The Morgan fingerprint density at radius 2 is 2.10 bits per heavy atom. The van der Waals surface area contributed by atoms with Crippen LogP contribution in [0.25, 0.3) is 6.08 Å². The quantitative estimate of drug-likeness (QED) is 0.669. The molecule has 2 aromatic heterocycles. The molecular weight excluding hydrogens is 274 g/mol. The third-order valence-corrected chi connectivity index (χ3v) is 3.75. The van der Waals surface area contributed by atoms with Gasteiger partial charge in [0.1, 0.15) is 5.69 Å². The minimum absolute atomic E-state index is 0.355. The molecule has 2 rings (SSSR count). The molecule has 0 radical (unpaired) electrons. The molecule has 2 aromatic rings. The van der Waals surface area contributed by atoms with E-state index in [2.05, 4.69) is 10.9 Å². The number of hydrogen-bond donors (Lipinski definition) is 2. The zero-order valence-corrected chi connectivity index (χ0v) is 12.0. The molecule has 20 heavy (non-hydrogen) atoms. The standard InChI is InChI=1S/C14H15N3O2S/c1-10-7-9-20-12(10)5-6-13(18)15-16-14(19)11-4-3-8-17(11)2/h3-9H,1-2H3,(H,15,18)(H,16,19)/b6-5+.